The molecule has 0 bridgehead atoms. The SMILES string of the molecule is COc1cc2c(cc1O)C(N)CCC2. The number of phenols is 1. The Morgan fingerprint density at radius 3 is 3.00 bits per heavy atom. The highest BCUT2D eigenvalue weighted by Gasteiger charge is 2.19. The fraction of sp³-hybridized carbons (Fsp3) is 0.455. The van der Waals surface area contributed by atoms with Crippen LogP contribution in [0.25, 0.3) is 0 Å². The lowest BCUT2D eigenvalue weighted by atomic mass is 9.88. The molecule has 0 aromatic heterocycles. The Morgan fingerprint density at radius 1 is 1.50 bits per heavy atom. The van der Waals surface area contributed by atoms with E-state index in [2.05, 4.69) is 0 Å². The third kappa shape index (κ3) is 1.44. The molecule has 0 aliphatic heterocycles. The van der Waals surface area contributed by atoms with E-state index in [-0.39, 0.29) is 11.8 Å². The quantitative estimate of drug-likeness (QED) is 0.714. The van der Waals surface area contributed by atoms with Gasteiger partial charge in [0.25, 0.3) is 0 Å². The minimum Gasteiger partial charge on any atom is -0.504 e. The first kappa shape index (κ1) is 9.34. The zero-order valence-corrected chi connectivity index (χ0v) is 8.29. The van der Waals surface area contributed by atoms with Gasteiger partial charge in [0.15, 0.2) is 11.5 Å². The van der Waals surface area contributed by atoms with Gasteiger partial charge >= 0.3 is 0 Å². The Bertz CT molecular complexity index is 349. The highest BCUT2D eigenvalue weighted by atomic mass is 16.5. The monoisotopic (exact) mass is 193 g/mol. The molecule has 0 amide bonds. The van der Waals surface area contributed by atoms with Crippen LogP contribution < -0.4 is 10.5 Å². The van der Waals surface area contributed by atoms with Gasteiger partial charge in [-0.3, -0.25) is 0 Å². The lowest BCUT2D eigenvalue weighted by molar-refractivity contribution is 0.371. The number of ether oxygens (including phenoxy) is 1. The third-order valence-corrected chi connectivity index (χ3v) is 2.80. The van der Waals surface area contributed by atoms with Crippen molar-refractivity contribution in [3.8, 4) is 11.5 Å². The molecule has 0 fully saturated rings. The minimum absolute atomic E-state index is 0.0653. The van der Waals surface area contributed by atoms with Crippen LogP contribution in [0.4, 0.5) is 0 Å². The number of nitrogens with two attached hydrogens (primary N) is 1. The van der Waals surface area contributed by atoms with Crippen LogP contribution in [0.1, 0.15) is 30.0 Å². The van der Waals surface area contributed by atoms with E-state index in [0.29, 0.717) is 5.75 Å². The number of hydrogen-bond donors (Lipinski definition) is 2. The van der Waals surface area contributed by atoms with Crippen molar-refractivity contribution in [2.24, 2.45) is 5.73 Å². The van der Waals surface area contributed by atoms with Crippen LogP contribution in [0.2, 0.25) is 0 Å². The maximum Gasteiger partial charge on any atom is 0.160 e. The summed E-state index contributed by atoms with van der Waals surface area (Å²) >= 11 is 0. The molecule has 3 N–H and O–H groups in total. The molecule has 0 spiro atoms. The number of benzene rings is 1. The van der Waals surface area contributed by atoms with Crippen molar-refractivity contribution in [3.63, 3.8) is 0 Å². The average molecular weight is 193 g/mol. The van der Waals surface area contributed by atoms with Gasteiger partial charge in [0.05, 0.1) is 7.11 Å². The van der Waals surface area contributed by atoms with Crippen LogP contribution in [0.3, 0.4) is 0 Å². The molecule has 1 aromatic rings. The summed E-state index contributed by atoms with van der Waals surface area (Å²) in [6, 6.07) is 3.69. The van der Waals surface area contributed by atoms with E-state index in [9.17, 15) is 5.11 Å². The van der Waals surface area contributed by atoms with Crippen LogP contribution in [0, 0.1) is 0 Å². The van der Waals surface area contributed by atoms with Gasteiger partial charge in [-0.2, -0.15) is 0 Å². The maximum absolute atomic E-state index is 9.60. The first-order valence-electron chi connectivity index (χ1n) is 4.87. The molecule has 0 saturated heterocycles. The van der Waals surface area contributed by atoms with Crippen LogP contribution in [0.15, 0.2) is 12.1 Å². The van der Waals surface area contributed by atoms with E-state index in [0.717, 1.165) is 24.8 Å². The molecule has 1 aliphatic rings. The summed E-state index contributed by atoms with van der Waals surface area (Å²) in [5, 5.41) is 9.60. The number of rotatable bonds is 1. The zero-order chi connectivity index (χ0) is 10.1. The molecule has 2 rings (SSSR count). The summed E-state index contributed by atoms with van der Waals surface area (Å²) in [6.45, 7) is 0. The first-order chi connectivity index (χ1) is 6.72. The van der Waals surface area contributed by atoms with Crippen LogP contribution in [-0.4, -0.2) is 12.2 Å². The Kier molecular flexibility index (Phi) is 2.33. The molecule has 1 aliphatic carbocycles. The lowest BCUT2D eigenvalue weighted by Gasteiger charge is -2.23. The summed E-state index contributed by atoms with van der Waals surface area (Å²) in [4.78, 5) is 0. The second-order valence-corrected chi connectivity index (χ2v) is 3.72. The number of aromatic hydroxyl groups is 1. The predicted molar refractivity (Wildman–Crippen MR) is 54.5 cm³/mol. The molecule has 0 radical (unpaired) electrons. The second-order valence-electron chi connectivity index (χ2n) is 3.72. The molecule has 1 aromatic carbocycles. The molecular formula is C11H15NO2. The number of phenolic OH excluding ortho intramolecular Hbond substituents is 1. The summed E-state index contributed by atoms with van der Waals surface area (Å²) < 4.78 is 5.06. The van der Waals surface area contributed by atoms with Gasteiger partial charge < -0.3 is 15.6 Å². The lowest BCUT2D eigenvalue weighted by Crippen LogP contribution is -2.17. The Hall–Kier alpha value is -1.22. The fourth-order valence-electron chi connectivity index (χ4n) is 2.02. The van der Waals surface area contributed by atoms with Crippen LogP contribution in [0.5, 0.6) is 11.5 Å². The molecule has 76 valence electrons. The fourth-order valence-corrected chi connectivity index (χ4v) is 2.02. The number of aryl methyl sites for hydroxylation is 1. The van der Waals surface area contributed by atoms with E-state index >= 15 is 0 Å². The van der Waals surface area contributed by atoms with Gasteiger partial charge in [0.2, 0.25) is 0 Å². The Labute approximate surface area is 83.5 Å². The summed E-state index contributed by atoms with van der Waals surface area (Å²) in [7, 11) is 1.56. The minimum atomic E-state index is 0.0653. The highest BCUT2D eigenvalue weighted by Crippen LogP contribution is 2.36. The second kappa shape index (κ2) is 3.50. The van der Waals surface area contributed by atoms with Gasteiger partial charge in [0, 0.05) is 6.04 Å². The molecule has 3 heteroatoms. The van der Waals surface area contributed by atoms with Gasteiger partial charge in [-0.05, 0) is 42.5 Å². The van der Waals surface area contributed by atoms with Crippen molar-refractivity contribution in [2.45, 2.75) is 25.3 Å². The van der Waals surface area contributed by atoms with Crippen molar-refractivity contribution in [2.75, 3.05) is 7.11 Å². The largest absolute Gasteiger partial charge is 0.504 e. The Morgan fingerprint density at radius 2 is 2.29 bits per heavy atom. The highest BCUT2D eigenvalue weighted by molar-refractivity contribution is 5.48. The standard InChI is InChI=1S/C11H15NO2/c1-14-11-5-7-3-2-4-9(12)8(7)6-10(11)13/h5-6,9,13H,2-4,12H2,1H3. The molecule has 0 heterocycles. The first-order valence-corrected chi connectivity index (χ1v) is 4.87. The number of hydrogen-bond acceptors (Lipinski definition) is 3. The zero-order valence-electron chi connectivity index (χ0n) is 8.29. The summed E-state index contributed by atoms with van der Waals surface area (Å²) in [5.41, 5.74) is 8.23. The molecule has 1 atom stereocenters. The van der Waals surface area contributed by atoms with E-state index < -0.39 is 0 Å². The third-order valence-electron chi connectivity index (χ3n) is 2.80. The Balaban J connectivity index is 2.48. The topological polar surface area (TPSA) is 55.5 Å². The van der Waals surface area contributed by atoms with Crippen molar-refractivity contribution in [1.82, 2.24) is 0 Å². The van der Waals surface area contributed by atoms with E-state index in [1.54, 1.807) is 13.2 Å². The van der Waals surface area contributed by atoms with Crippen LogP contribution in [-0.2, 0) is 6.42 Å². The van der Waals surface area contributed by atoms with Crippen LogP contribution >= 0.6 is 0 Å². The van der Waals surface area contributed by atoms with Crippen molar-refractivity contribution in [3.05, 3.63) is 23.3 Å². The average Bonchev–Trinajstić information content (AvgIpc) is 2.19. The van der Waals surface area contributed by atoms with E-state index in [1.165, 1.54) is 5.56 Å². The van der Waals surface area contributed by atoms with Gasteiger partial charge in [-0.1, -0.05) is 0 Å². The van der Waals surface area contributed by atoms with Crippen molar-refractivity contribution >= 4 is 0 Å². The van der Waals surface area contributed by atoms with Gasteiger partial charge in [0.1, 0.15) is 0 Å². The number of methoxy groups -OCH3 is 1. The van der Waals surface area contributed by atoms with Crippen molar-refractivity contribution in [1.29, 1.82) is 0 Å². The van der Waals surface area contributed by atoms with Gasteiger partial charge in [-0.15, -0.1) is 0 Å². The van der Waals surface area contributed by atoms with E-state index in [1.807, 2.05) is 6.07 Å². The maximum atomic E-state index is 9.60. The molecule has 3 nitrogen and oxygen atoms in total. The molecule has 0 saturated carbocycles. The van der Waals surface area contributed by atoms with E-state index in [4.69, 9.17) is 10.5 Å². The van der Waals surface area contributed by atoms with Crippen molar-refractivity contribution < 1.29 is 9.84 Å². The molecular weight excluding hydrogens is 178 g/mol. The number of fused-ring (bicyclic) bond motifs is 1. The molecule has 14 heavy (non-hydrogen) atoms. The summed E-state index contributed by atoms with van der Waals surface area (Å²) in [5.74, 6) is 0.724. The normalized spacial score (nSPS) is 20.3. The summed E-state index contributed by atoms with van der Waals surface area (Å²) in [6.07, 6.45) is 3.14. The molecule has 1 unspecified atom stereocenters. The smallest absolute Gasteiger partial charge is 0.160 e. The van der Waals surface area contributed by atoms with Gasteiger partial charge in [-0.25, -0.2) is 0 Å². The predicted octanol–water partition coefficient (Wildman–Crippen LogP) is 1.74.